The molecule has 0 nitrogen and oxygen atoms in total. The van der Waals surface area contributed by atoms with E-state index in [1.807, 2.05) is 6.08 Å². The lowest BCUT2D eigenvalue weighted by Crippen LogP contribution is -1.83. The summed E-state index contributed by atoms with van der Waals surface area (Å²) in [6.07, 6.45) is 17.6. The molecule has 0 aromatic rings. The van der Waals surface area contributed by atoms with Gasteiger partial charge in [0.05, 0.1) is 0 Å². The second-order valence-corrected chi connectivity index (χ2v) is 5.80. The summed E-state index contributed by atoms with van der Waals surface area (Å²) in [4.78, 5) is 0. The highest BCUT2D eigenvalue weighted by molar-refractivity contribution is 7.37. The molecule has 0 heterocycles. The average Bonchev–Trinajstić information content (AvgIpc) is 2.26. The first-order valence-corrected chi connectivity index (χ1v) is 8.14. The molecule has 0 radical (unpaired) electrons. The Kier molecular flexibility index (Phi) is 14.3. The highest BCUT2D eigenvalue weighted by Gasteiger charge is 1.91. The zero-order valence-corrected chi connectivity index (χ0v) is 11.6. The highest BCUT2D eigenvalue weighted by atomic mass is 31.1. The third-order valence-electron chi connectivity index (χ3n) is 2.69. The van der Waals surface area contributed by atoms with Gasteiger partial charge in [0.1, 0.15) is 0 Å². The summed E-state index contributed by atoms with van der Waals surface area (Å²) >= 11 is 0. The van der Waals surface area contributed by atoms with Crippen molar-refractivity contribution in [2.75, 3.05) is 12.3 Å². The molecule has 0 aliphatic carbocycles. The molecular weight excluding hydrogens is 199 g/mol. The molecule has 0 N–H and O–H groups in total. The normalized spacial score (nSPS) is 11.3. The van der Waals surface area contributed by atoms with Gasteiger partial charge in [-0.05, 0) is 31.6 Å². The minimum atomic E-state index is 1.21. The quantitative estimate of drug-likeness (QED) is 0.239. The van der Waals surface area contributed by atoms with Crippen LogP contribution in [0.2, 0.25) is 0 Å². The van der Waals surface area contributed by atoms with E-state index in [9.17, 15) is 0 Å². The van der Waals surface area contributed by atoms with Gasteiger partial charge >= 0.3 is 0 Å². The van der Waals surface area contributed by atoms with Crippen LogP contribution in [0.5, 0.6) is 0 Å². The van der Waals surface area contributed by atoms with E-state index in [0.29, 0.717) is 0 Å². The van der Waals surface area contributed by atoms with Gasteiger partial charge in [0, 0.05) is 0 Å². The van der Waals surface area contributed by atoms with Gasteiger partial charge in [-0.1, -0.05) is 51.5 Å². The first kappa shape index (κ1) is 15.2. The molecule has 0 aromatic heterocycles. The van der Waals surface area contributed by atoms with Crippen LogP contribution in [0.25, 0.3) is 0 Å². The van der Waals surface area contributed by atoms with Gasteiger partial charge in [0.25, 0.3) is 0 Å². The number of hydrogen-bond donors (Lipinski definition) is 0. The lowest BCUT2D eigenvalue weighted by molar-refractivity contribution is 0.593. The number of rotatable bonds is 12. The Morgan fingerprint density at radius 1 is 0.867 bits per heavy atom. The van der Waals surface area contributed by atoms with Crippen LogP contribution < -0.4 is 0 Å². The van der Waals surface area contributed by atoms with Crippen LogP contribution in [0, 0.1) is 0 Å². The maximum atomic E-state index is 3.74. The van der Waals surface area contributed by atoms with Crippen molar-refractivity contribution in [3.05, 3.63) is 12.7 Å². The zero-order chi connectivity index (χ0) is 11.2. The van der Waals surface area contributed by atoms with E-state index in [1.54, 1.807) is 0 Å². The van der Waals surface area contributed by atoms with Crippen LogP contribution >= 0.6 is 8.58 Å². The summed E-state index contributed by atoms with van der Waals surface area (Å²) in [6, 6.07) is 0. The molecule has 0 aromatic carbocycles. The largest absolute Gasteiger partial charge is 0.122 e. The van der Waals surface area contributed by atoms with Gasteiger partial charge < -0.3 is 0 Å². The summed E-state index contributed by atoms with van der Waals surface area (Å²) in [5.74, 6) is 0. The van der Waals surface area contributed by atoms with Crippen molar-refractivity contribution in [2.24, 2.45) is 0 Å². The van der Waals surface area contributed by atoms with Crippen LogP contribution in [0.1, 0.15) is 64.7 Å². The van der Waals surface area contributed by atoms with Crippen molar-refractivity contribution in [1.29, 1.82) is 0 Å². The fraction of sp³-hybridized carbons (Fsp3) is 0.857. The SMILES string of the molecule is C=CCCCCCCCCCPCCC. The molecule has 0 saturated carbocycles. The van der Waals surface area contributed by atoms with Gasteiger partial charge in [-0.3, -0.25) is 0 Å². The van der Waals surface area contributed by atoms with Crippen molar-refractivity contribution >= 4 is 8.58 Å². The molecule has 1 unspecified atom stereocenters. The van der Waals surface area contributed by atoms with Crippen molar-refractivity contribution < 1.29 is 0 Å². The Morgan fingerprint density at radius 3 is 2.07 bits per heavy atom. The minimum Gasteiger partial charge on any atom is -0.122 e. The van der Waals surface area contributed by atoms with Crippen LogP contribution in [0.4, 0.5) is 0 Å². The Balaban J connectivity index is 2.83. The van der Waals surface area contributed by atoms with Crippen LogP contribution in [-0.2, 0) is 0 Å². The maximum Gasteiger partial charge on any atom is -0.0353 e. The zero-order valence-electron chi connectivity index (χ0n) is 10.6. The molecule has 90 valence electrons. The van der Waals surface area contributed by atoms with Crippen molar-refractivity contribution in [2.45, 2.75) is 64.7 Å². The van der Waals surface area contributed by atoms with E-state index in [1.165, 1.54) is 78.7 Å². The standard InChI is InChI=1S/C14H29P/c1-3-5-6-7-8-9-10-11-12-14-15-13-4-2/h3,15H,1,4-14H2,2H3. The molecule has 1 atom stereocenters. The molecule has 1 heteroatoms. The first-order chi connectivity index (χ1) is 7.41. The molecule has 0 spiro atoms. The Hall–Kier alpha value is 0.170. The van der Waals surface area contributed by atoms with Crippen LogP contribution in [0.3, 0.4) is 0 Å². The van der Waals surface area contributed by atoms with E-state index in [0.717, 1.165) is 0 Å². The van der Waals surface area contributed by atoms with E-state index >= 15 is 0 Å². The molecule has 0 saturated heterocycles. The van der Waals surface area contributed by atoms with Crippen molar-refractivity contribution in [3.63, 3.8) is 0 Å². The second kappa shape index (κ2) is 14.2. The number of hydrogen-bond acceptors (Lipinski definition) is 0. The van der Waals surface area contributed by atoms with Gasteiger partial charge in [-0.25, -0.2) is 0 Å². The predicted molar refractivity (Wildman–Crippen MR) is 75.5 cm³/mol. The maximum absolute atomic E-state index is 3.74. The van der Waals surface area contributed by atoms with Crippen LogP contribution in [-0.4, -0.2) is 12.3 Å². The molecule has 0 rings (SSSR count). The van der Waals surface area contributed by atoms with Crippen molar-refractivity contribution in [1.82, 2.24) is 0 Å². The topological polar surface area (TPSA) is 0 Å². The van der Waals surface area contributed by atoms with E-state index < -0.39 is 0 Å². The molecular formula is C14H29P. The Morgan fingerprint density at radius 2 is 1.47 bits per heavy atom. The lowest BCUT2D eigenvalue weighted by Gasteiger charge is -2.01. The molecule has 0 bridgehead atoms. The smallest absolute Gasteiger partial charge is 0.0353 e. The molecule has 0 aliphatic heterocycles. The monoisotopic (exact) mass is 228 g/mol. The average molecular weight is 228 g/mol. The van der Waals surface area contributed by atoms with Crippen LogP contribution in [0.15, 0.2) is 12.7 Å². The predicted octanol–water partition coefficient (Wildman–Crippen LogP) is 5.38. The fourth-order valence-corrected chi connectivity index (χ4v) is 2.83. The van der Waals surface area contributed by atoms with Gasteiger partial charge in [-0.2, -0.15) is 0 Å². The first-order valence-electron chi connectivity index (χ1n) is 6.73. The molecule has 0 amide bonds. The molecule has 15 heavy (non-hydrogen) atoms. The lowest BCUT2D eigenvalue weighted by atomic mass is 10.1. The summed E-state index contributed by atoms with van der Waals surface area (Å²) in [5, 5.41) is 0. The second-order valence-electron chi connectivity index (χ2n) is 4.30. The third kappa shape index (κ3) is 14.2. The Labute approximate surface area is 98.7 Å². The van der Waals surface area contributed by atoms with Gasteiger partial charge in [-0.15, -0.1) is 15.2 Å². The number of allylic oxidation sites excluding steroid dienone is 1. The van der Waals surface area contributed by atoms with Gasteiger partial charge in [0.15, 0.2) is 0 Å². The van der Waals surface area contributed by atoms with E-state index in [2.05, 4.69) is 13.5 Å². The highest BCUT2D eigenvalue weighted by Crippen LogP contribution is 2.15. The summed E-state index contributed by atoms with van der Waals surface area (Å²) in [7, 11) is 1.23. The van der Waals surface area contributed by atoms with E-state index in [4.69, 9.17) is 0 Å². The third-order valence-corrected chi connectivity index (χ3v) is 4.25. The Bertz CT molecular complexity index is 121. The van der Waals surface area contributed by atoms with Crippen molar-refractivity contribution in [3.8, 4) is 0 Å². The summed E-state index contributed by atoms with van der Waals surface area (Å²) in [5.41, 5.74) is 0. The molecule has 0 aliphatic rings. The van der Waals surface area contributed by atoms with E-state index in [-0.39, 0.29) is 0 Å². The molecule has 0 fully saturated rings. The fourth-order valence-electron chi connectivity index (χ4n) is 1.72. The minimum absolute atomic E-state index is 1.21. The van der Waals surface area contributed by atoms with Gasteiger partial charge in [0.2, 0.25) is 0 Å². The summed E-state index contributed by atoms with van der Waals surface area (Å²) < 4.78 is 0. The summed E-state index contributed by atoms with van der Waals surface area (Å²) in [6.45, 7) is 6.03. The number of unbranched alkanes of at least 4 members (excludes halogenated alkanes) is 7.